The predicted octanol–water partition coefficient (Wildman–Crippen LogP) is 4.83. The third kappa shape index (κ3) is 4.34. The number of aliphatic hydroxyl groups is 1. The molecule has 36 heavy (non-hydrogen) atoms. The highest BCUT2D eigenvalue weighted by Gasteiger charge is 2.34. The molecular weight excluding hydrogens is 458 g/mol. The molecule has 1 aliphatic carbocycles. The number of rotatable bonds is 5. The lowest BCUT2D eigenvalue weighted by Crippen LogP contribution is -2.42. The minimum atomic E-state index is -0.892. The number of carbonyl (C=O) groups is 2. The number of carbonyl (C=O) groups excluding carboxylic acids is 1. The number of imidazole rings is 1. The maximum absolute atomic E-state index is 12.6. The summed E-state index contributed by atoms with van der Waals surface area (Å²) in [6, 6.07) is 13.2. The molecule has 5 rings (SSSR count). The van der Waals surface area contributed by atoms with Gasteiger partial charge in [0.1, 0.15) is 5.82 Å². The maximum atomic E-state index is 12.6. The van der Waals surface area contributed by atoms with Crippen LogP contribution in [-0.2, 0) is 22.4 Å². The van der Waals surface area contributed by atoms with E-state index in [1.807, 2.05) is 49.4 Å². The van der Waals surface area contributed by atoms with Crippen molar-refractivity contribution < 1.29 is 24.5 Å². The first-order valence-corrected chi connectivity index (χ1v) is 12.7. The molecule has 0 saturated heterocycles. The minimum absolute atomic E-state index is 0.00641. The number of aliphatic hydroxyl groups excluding tert-OH is 1. The standard InChI is InChI=1S/C28H33N3O5/c1-17-11-12-21-23(30(17)28(35)36-2)13-14-24-26(21)29-25(31(24)19-9-6-10-20(32)15-19)16-22(27(33)34)18-7-4-3-5-8-18/h3-5,7-8,13-14,17,19-20,22,32H,6,9-12,15-16H2,1-2H3,(H,33,34)/t17-,19-,20+,22-/m0/s1. The number of nitrogens with zero attached hydrogens (tertiary/aromatic N) is 3. The lowest BCUT2D eigenvalue weighted by Gasteiger charge is -2.34. The Kier molecular flexibility index (Phi) is 6.71. The first-order valence-electron chi connectivity index (χ1n) is 12.7. The van der Waals surface area contributed by atoms with Crippen LogP contribution < -0.4 is 4.90 Å². The van der Waals surface area contributed by atoms with Crippen molar-refractivity contribution in [3.05, 3.63) is 59.4 Å². The molecule has 3 aromatic rings. The number of aliphatic carboxylic acids is 1. The second-order valence-corrected chi connectivity index (χ2v) is 10.0. The summed E-state index contributed by atoms with van der Waals surface area (Å²) in [7, 11) is 1.39. The van der Waals surface area contributed by atoms with Crippen LogP contribution in [0.25, 0.3) is 11.0 Å². The first kappa shape index (κ1) is 24.3. The van der Waals surface area contributed by atoms with Crippen LogP contribution in [-0.4, -0.2) is 51.1 Å². The van der Waals surface area contributed by atoms with Gasteiger partial charge in [0.05, 0.1) is 35.9 Å². The van der Waals surface area contributed by atoms with E-state index in [4.69, 9.17) is 9.72 Å². The second-order valence-electron chi connectivity index (χ2n) is 10.0. The van der Waals surface area contributed by atoms with E-state index in [1.54, 1.807) is 4.90 Å². The van der Waals surface area contributed by atoms with Gasteiger partial charge in [-0.05, 0) is 63.1 Å². The van der Waals surface area contributed by atoms with Crippen molar-refractivity contribution in [1.29, 1.82) is 0 Å². The van der Waals surface area contributed by atoms with Crippen LogP contribution in [0.4, 0.5) is 10.5 Å². The zero-order valence-corrected chi connectivity index (χ0v) is 20.8. The van der Waals surface area contributed by atoms with Crippen molar-refractivity contribution >= 4 is 28.8 Å². The fraction of sp³-hybridized carbons (Fsp3) is 0.464. The Labute approximate surface area is 210 Å². The van der Waals surface area contributed by atoms with Crippen LogP contribution in [0.3, 0.4) is 0 Å². The topological polar surface area (TPSA) is 105 Å². The van der Waals surface area contributed by atoms with Gasteiger partial charge in [-0.25, -0.2) is 9.78 Å². The Morgan fingerprint density at radius 3 is 2.61 bits per heavy atom. The number of anilines is 1. The molecule has 2 N–H and O–H groups in total. The number of carboxylic acid groups (broad SMARTS) is 1. The Hall–Kier alpha value is -3.39. The van der Waals surface area contributed by atoms with Crippen molar-refractivity contribution in [3.63, 3.8) is 0 Å². The molecule has 0 radical (unpaired) electrons. The normalized spacial score (nSPS) is 22.8. The number of benzene rings is 2. The van der Waals surface area contributed by atoms with E-state index in [2.05, 4.69) is 4.57 Å². The van der Waals surface area contributed by atoms with Gasteiger partial charge >= 0.3 is 12.1 Å². The molecule has 8 nitrogen and oxygen atoms in total. The molecule has 1 aliphatic heterocycles. The molecule has 2 aromatic carbocycles. The average molecular weight is 492 g/mol. The van der Waals surface area contributed by atoms with Crippen LogP contribution in [0.15, 0.2) is 42.5 Å². The van der Waals surface area contributed by atoms with Gasteiger partial charge in [0.2, 0.25) is 0 Å². The van der Waals surface area contributed by atoms with Crippen molar-refractivity contribution in [2.75, 3.05) is 12.0 Å². The minimum Gasteiger partial charge on any atom is -0.481 e. The lowest BCUT2D eigenvalue weighted by atomic mass is 9.91. The van der Waals surface area contributed by atoms with Gasteiger partial charge in [0, 0.05) is 24.1 Å². The van der Waals surface area contributed by atoms with Crippen LogP contribution >= 0.6 is 0 Å². The molecule has 0 spiro atoms. The average Bonchev–Trinajstić information content (AvgIpc) is 3.25. The summed E-state index contributed by atoms with van der Waals surface area (Å²) < 4.78 is 7.23. The Balaban J connectivity index is 1.66. The van der Waals surface area contributed by atoms with Gasteiger partial charge in [0.25, 0.3) is 0 Å². The number of ether oxygens (including phenoxy) is 1. The molecule has 0 bridgehead atoms. The highest BCUT2D eigenvalue weighted by Crippen LogP contribution is 2.40. The first-order chi connectivity index (χ1) is 17.4. The Bertz CT molecular complexity index is 1270. The molecule has 2 aliphatic rings. The highest BCUT2D eigenvalue weighted by molar-refractivity contribution is 5.95. The van der Waals surface area contributed by atoms with Crippen molar-refractivity contribution in [1.82, 2.24) is 9.55 Å². The smallest absolute Gasteiger partial charge is 0.414 e. The van der Waals surface area contributed by atoms with Crippen molar-refractivity contribution in [2.45, 2.75) is 76.0 Å². The molecule has 2 heterocycles. The number of fused-ring (bicyclic) bond motifs is 3. The van der Waals surface area contributed by atoms with Crippen LogP contribution in [0, 0.1) is 0 Å². The Morgan fingerprint density at radius 1 is 1.14 bits per heavy atom. The van der Waals surface area contributed by atoms with E-state index in [1.165, 1.54) is 7.11 Å². The largest absolute Gasteiger partial charge is 0.481 e. The number of hydrogen-bond acceptors (Lipinski definition) is 5. The molecule has 0 unspecified atom stereocenters. The van der Waals surface area contributed by atoms with Gasteiger partial charge in [0.15, 0.2) is 0 Å². The summed E-state index contributed by atoms with van der Waals surface area (Å²) in [5, 5.41) is 20.6. The third-order valence-corrected chi connectivity index (χ3v) is 7.77. The van der Waals surface area contributed by atoms with Crippen molar-refractivity contribution in [2.24, 2.45) is 0 Å². The van der Waals surface area contributed by atoms with Gasteiger partial charge in [-0.3, -0.25) is 9.69 Å². The molecule has 4 atom stereocenters. The van der Waals surface area contributed by atoms with E-state index in [9.17, 15) is 19.8 Å². The zero-order valence-electron chi connectivity index (χ0n) is 20.8. The molecular formula is C28H33N3O5. The number of methoxy groups -OCH3 is 1. The van der Waals surface area contributed by atoms with Gasteiger partial charge in [-0.15, -0.1) is 0 Å². The number of amides is 1. The number of carboxylic acids is 1. The van der Waals surface area contributed by atoms with Crippen LogP contribution in [0.1, 0.15) is 67.9 Å². The molecule has 1 aromatic heterocycles. The molecule has 190 valence electrons. The fourth-order valence-corrected chi connectivity index (χ4v) is 5.96. The summed E-state index contributed by atoms with van der Waals surface area (Å²) in [4.78, 5) is 31.7. The predicted molar refractivity (Wildman–Crippen MR) is 136 cm³/mol. The highest BCUT2D eigenvalue weighted by atomic mass is 16.5. The summed E-state index contributed by atoms with van der Waals surface area (Å²) >= 11 is 0. The zero-order chi connectivity index (χ0) is 25.4. The van der Waals surface area contributed by atoms with E-state index in [0.717, 1.165) is 60.0 Å². The third-order valence-electron chi connectivity index (χ3n) is 7.77. The summed E-state index contributed by atoms with van der Waals surface area (Å²) in [6.45, 7) is 2.01. The fourth-order valence-electron chi connectivity index (χ4n) is 5.96. The van der Waals surface area contributed by atoms with Gasteiger partial charge in [-0.1, -0.05) is 30.3 Å². The SMILES string of the molecule is COC(=O)N1c2ccc3c(nc(C[C@H](C(=O)O)c4ccccc4)n3[C@H]3CCC[C@@H](O)C3)c2CC[C@@H]1C. The monoisotopic (exact) mass is 491 g/mol. The molecule has 8 heteroatoms. The van der Waals surface area contributed by atoms with Gasteiger partial charge < -0.3 is 19.5 Å². The summed E-state index contributed by atoms with van der Waals surface area (Å²) in [5.41, 5.74) is 4.25. The van der Waals surface area contributed by atoms with E-state index in [-0.39, 0.29) is 24.6 Å². The molecule has 1 amide bonds. The van der Waals surface area contributed by atoms with E-state index < -0.39 is 18.0 Å². The second kappa shape index (κ2) is 9.93. The maximum Gasteiger partial charge on any atom is 0.414 e. The number of aryl methyl sites for hydroxylation is 1. The number of hydrogen-bond donors (Lipinski definition) is 2. The molecule has 1 saturated carbocycles. The van der Waals surface area contributed by atoms with Crippen molar-refractivity contribution in [3.8, 4) is 0 Å². The lowest BCUT2D eigenvalue weighted by molar-refractivity contribution is -0.138. The summed E-state index contributed by atoms with van der Waals surface area (Å²) in [5.74, 6) is -0.925. The number of aromatic nitrogens is 2. The summed E-state index contributed by atoms with van der Waals surface area (Å²) in [6.07, 6.45) is 4.22. The Morgan fingerprint density at radius 2 is 1.92 bits per heavy atom. The molecule has 1 fully saturated rings. The van der Waals surface area contributed by atoms with E-state index >= 15 is 0 Å². The van der Waals surface area contributed by atoms with Crippen LogP contribution in [0.5, 0.6) is 0 Å². The van der Waals surface area contributed by atoms with Crippen LogP contribution in [0.2, 0.25) is 0 Å². The van der Waals surface area contributed by atoms with Gasteiger partial charge in [-0.2, -0.15) is 0 Å². The quantitative estimate of drug-likeness (QED) is 0.530. The van der Waals surface area contributed by atoms with E-state index in [0.29, 0.717) is 12.2 Å².